The van der Waals surface area contributed by atoms with Crippen molar-refractivity contribution in [1.82, 2.24) is 4.90 Å². The number of hydrogen-bond acceptors (Lipinski definition) is 2. The van der Waals surface area contributed by atoms with Crippen molar-refractivity contribution in [3.05, 3.63) is 34.9 Å². The molecule has 0 unspecified atom stereocenters. The lowest BCUT2D eigenvalue weighted by Crippen LogP contribution is -2.37. The third-order valence-electron chi connectivity index (χ3n) is 2.23. The molecule has 1 saturated heterocycles. The highest BCUT2D eigenvalue weighted by Crippen LogP contribution is 2.11. The van der Waals surface area contributed by atoms with E-state index in [0.717, 1.165) is 37.3 Å². The van der Waals surface area contributed by atoms with Gasteiger partial charge in [-0.1, -0.05) is 34.7 Å². The zero-order valence-electron chi connectivity index (χ0n) is 9.21. The molecule has 0 spiro atoms. The van der Waals surface area contributed by atoms with Crippen LogP contribution in [0.1, 0.15) is 6.92 Å². The van der Waals surface area contributed by atoms with Gasteiger partial charge in [-0.05, 0) is 18.6 Å². The van der Waals surface area contributed by atoms with Gasteiger partial charge in [-0.25, -0.2) is 0 Å². The molecule has 0 aromatic carbocycles. The molecule has 1 heterocycles. The molecule has 0 bridgehead atoms. The molecule has 0 amide bonds. The molecular formula is C12H18BrNO. The summed E-state index contributed by atoms with van der Waals surface area (Å²) in [5.74, 6) is 0. The first-order valence-electron chi connectivity index (χ1n) is 5.20. The van der Waals surface area contributed by atoms with Crippen molar-refractivity contribution in [2.75, 3.05) is 32.8 Å². The molecule has 1 aliphatic heterocycles. The zero-order chi connectivity index (χ0) is 11.1. The predicted octanol–water partition coefficient (Wildman–Crippen LogP) is 2.73. The lowest BCUT2D eigenvalue weighted by Gasteiger charge is -2.26. The number of hydrogen-bond donors (Lipinski definition) is 0. The number of nitrogens with zero attached hydrogens (tertiary/aromatic N) is 1. The van der Waals surface area contributed by atoms with Gasteiger partial charge < -0.3 is 4.74 Å². The Kier molecular flexibility index (Phi) is 5.91. The van der Waals surface area contributed by atoms with Gasteiger partial charge in [-0.3, -0.25) is 4.90 Å². The van der Waals surface area contributed by atoms with Crippen LogP contribution in [0.2, 0.25) is 0 Å². The van der Waals surface area contributed by atoms with Gasteiger partial charge in [0, 0.05) is 24.1 Å². The second-order valence-electron chi connectivity index (χ2n) is 3.55. The highest BCUT2D eigenvalue weighted by Gasteiger charge is 2.10. The van der Waals surface area contributed by atoms with Gasteiger partial charge in [-0.15, -0.1) is 0 Å². The number of halogens is 1. The Morgan fingerprint density at radius 3 is 2.67 bits per heavy atom. The van der Waals surface area contributed by atoms with Gasteiger partial charge in [0.05, 0.1) is 13.2 Å². The molecular weight excluding hydrogens is 254 g/mol. The van der Waals surface area contributed by atoms with E-state index in [1.54, 1.807) is 0 Å². The minimum atomic E-state index is 0.846. The lowest BCUT2D eigenvalue weighted by atomic mass is 10.2. The summed E-state index contributed by atoms with van der Waals surface area (Å²) in [6.07, 6.45) is 6.25. The van der Waals surface area contributed by atoms with Crippen LogP contribution in [-0.4, -0.2) is 37.7 Å². The van der Waals surface area contributed by atoms with Crippen LogP contribution in [0, 0.1) is 0 Å². The molecule has 0 saturated carbocycles. The van der Waals surface area contributed by atoms with Crippen molar-refractivity contribution in [2.24, 2.45) is 0 Å². The third-order valence-corrected chi connectivity index (χ3v) is 2.46. The van der Waals surface area contributed by atoms with Crippen molar-refractivity contribution >= 4 is 15.9 Å². The fraction of sp³-hybridized carbons (Fsp3) is 0.500. The van der Waals surface area contributed by atoms with E-state index in [2.05, 4.69) is 45.6 Å². The first-order chi connectivity index (χ1) is 7.22. The first kappa shape index (κ1) is 12.7. The van der Waals surface area contributed by atoms with E-state index < -0.39 is 0 Å². The monoisotopic (exact) mass is 271 g/mol. The maximum Gasteiger partial charge on any atom is 0.0594 e. The average Bonchev–Trinajstić information content (AvgIpc) is 2.18. The maximum absolute atomic E-state index is 5.32. The number of ether oxygens (including phenoxy) is 1. The van der Waals surface area contributed by atoms with Crippen molar-refractivity contribution in [3.63, 3.8) is 0 Å². The van der Waals surface area contributed by atoms with Gasteiger partial charge in [0.2, 0.25) is 0 Å². The molecule has 1 fully saturated rings. The third kappa shape index (κ3) is 5.30. The largest absolute Gasteiger partial charge is 0.379 e. The summed E-state index contributed by atoms with van der Waals surface area (Å²) < 4.78 is 6.24. The summed E-state index contributed by atoms with van der Waals surface area (Å²) in [5, 5.41) is 0. The maximum atomic E-state index is 5.32. The minimum absolute atomic E-state index is 0.846. The highest BCUT2D eigenvalue weighted by atomic mass is 79.9. The van der Waals surface area contributed by atoms with Crippen LogP contribution in [-0.2, 0) is 4.74 Å². The van der Waals surface area contributed by atoms with Crippen LogP contribution in [0.15, 0.2) is 34.9 Å². The number of rotatable bonds is 4. The molecule has 0 atom stereocenters. The summed E-state index contributed by atoms with van der Waals surface area (Å²) in [7, 11) is 0. The highest BCUT2D eigenvalue weighted by molar-refractivity contribution is 9.11. The number of morpholine rings is 1. The van der Waals surface area contributed by atoms with Gasteiger partial charge in [-0.2, -0.15) is 0 Å². The van der Waals surface area contributed by atoms with E-state index in [-0.39, 0.29) is 0 Å². The summed E-state index contributed by atoms with van der Waals surface area (Å²) in [6, 6.07) is 0. The second-order valence-corrected chi connectivity index (χ2v) is 4.57. The van der Waals surface area contributed by atoms with Gasteiger partial charge >= 0.3 is 0 Å². The van der Waals surface area contributed by atoms with Crippen LogP contribution in [0.3, 0.4) is 0 Å². The van der Waals surface area contributed by atoms with E-state index in [4.69, 9.17) is 4.74 Å². The summed E-state index contributed by atoms with van der Waals surface area (Å²) in [6.45, 7) is 10.6. The van der Waals surface area contributed by atoms with Crippen LogP contribution in [0.25, 0.3) is 0 Å². The Bertz CT molecular complexity index is 265. The fourth-order valence-electron chi connectivity index (χ4n) is 1.58. The molecule has 0 radical (unpaired) electrons. The van der Waals surface area contributed by atoms with Crippen LogP contribution in [0.5, 0.6) is 0 Å². The molecule has 0 N–H and O–H groups in total. The Hall–Kier alpha value is -0.380. The summed E-state index contributed by atoms with van der Waals surface area (Å²) >= 11 is 3.36. The average molecular weight is 272 g/mol. The molecule has 3 heteroatoms. The molecule has 2 nitrogen and oxygen atoms in total. The Morgan fingerprint density at radius 2 is 2.13 bits per heavy atom. The summed E-state index contributed by atoms with van der Waals surface area (Å²) in [4.78, 5) is 2.39. The lowest BCUT2D eigenvalue weighted by molar-refractivity contribution is 0.0426. The zero-order valence-corrected chi connectivity index (χ0v) is 10.8. The second kappa shape index (κ2) is 6.99. The molecule has 0 aromatic rings. The van der Waals surface area contributed by atoms with Gasteiger partial charge in [0.15, 0.2) is 0 Å². The molecule has 84 valence electrons. The van der Waals surface area contributed by atoms with E-state index >= 15 is 0 Å². The van der Waals surface area contributed by atoms with Crippen molar-refractivity contribution in [1.29, 1.82) is 0 Å². The molecule has 0 aliphatic carbocycles. The quantitative estimate of drug-likeness (QED) is 0.730. The van der Waals surface area contributed by atoms with Crippen molar-refractivity contribution < 1.29 is 4.74 Å². The van der Waals surface area contributed by atoms with E-state index in [1.807, 2.05) is 6.92 Å². The van der Waals surface area contributed by atoms with E-state index in [9.17, 15) is 0 Å². The van der Waals surface area contributed by atoms with Crippen LogP contribution in [0.4, 0.5) is 0 Å². The SMILES string of the molecule is C=C(Br)/C=C(\C=C/C)CN1CCOCC1. The van der Waals surface area contributed by atoms with E-state index in [0.29, 0.717) is 0 Å². The Balaban J connectivity index is 2.53. The van der Waals surface area contributed by atoms with Gasteiger partial charge in [0.1, 0.15) is 0 Å². The normalized spacial score (nSPS) is 19.7. The fourth-order valence-corrected chi connectivity index (χ4v) is 1.87. The topological polar surface area (TPSA) is 12.5 Å². The molecule has 1 rings (SSSR count). The standard InChI is InChI=1S/C12H18BrNO/c1-3-4-12(9-11(2)13)10-14-5-7-15-8-6-14/h3-4,9H,2,5-8,10H2,1H3/b4-3-,12-9+. The summed E-state index contributed by atoms with van der Waals surface area (Å²) in [5.41, 5.74) is 1.28. The van der Waals surface area contributed by atoms with Crippen LogP contribution < -0.4 is 0 Å². The van der Waals surface area contributed by atoms with Crippen molar-refractivity contribution in [3.8, 4) is 0 Å². The molecule has 0 aromatic heterocycles. The minimum Gasteiger partial charge on any atom is -0.379 e. The van der Waals surface area contributed by atoms with E-state index in [1.165, 1.54) is 5.57 Å². The Labute approximate surface area is 100 Å². The predicted molar refractivity (Wildman–Crippen MR) is 68.2 cm³/mol. The molecule has 15 heavy (non-hydrogen) atoms. The number of allylic oxidation sites excluding steroid dienone is 3. The first-order valence-corrected chi connectivity index (χ1v) is 5.99. The van der Waals surface area contributed by atoms with Gasteiger partial charge in [0.25, 0.3) is 0 Å². The Morgan fingerprint density at radius 1 is 1.47 bits per heavy atom. The molecule has 1 aliphatic rings. The van der Waals surface area contributed by atoms with Crippen LogP contribution >= 0.6 is 15.9 Å². The van der Waals surface area contributed by atoms with Crippen molar-refractivity contribution in [2.45, 2.75) is 6.92 Å². The smallest absolute Gasteiger partial charge is 0.0594 e.